The van der Waals surface area contributed by atoms with Gasteiger partial charge in [-0.2, -0.15) is 17.2 Å². The van der Waals surface area contributed by atoms with Crippen molar-refractivity contribution in [2.75, 3.05) is 118 Å². The smallest absolute Gasteiger partial charge is 0.252 e. The molecular weight excluding hydrogens is 1600 g/mol. The molecule has 1 saturated carbocycles. The molecule has 0 bridgehead atoms. The standard InChI is InChI=1S/C23H27N3O3S.C20H29N3O.C16H19N3O3S.C15H21N3O4S.C11H16N2O3S2/c27-22-17-26(20-11-10-18-6-4-5-7-19(18)16-20)23(24-22)12-14-25(15-13-23)30(28,29)21-8-2-1-3-9-21;24-19-16-23(15-17-7-3-1-4-8-17)20(21-19)11-13-22(14-12-20)18-9-5-2-6-10-18;20-23(21,14-5-1-3-13-4-2-8-17-15(13)14)19-10-6-16(7-11-19)18-9-12-22-16;1-22-12-2-4-13(5-3-12)23(20,21)18-10-7-15(8-11-18)16-9-6-14(19)17-15;14-18(15,10-2-1-9-17-10)13-6-3-11(4-7-13)12-5-8-16-11/h1-9,20H,10-17H2,(H,24,27);1,3-4,7-8,18H,2,5-6,9-16H2,(H,21,24);1-5,8,18H,6-7,9-12H2;2-5,16H,6-11H2,1H3,(H,17,19);1-2,9,12H,3-8H2. The van der Waals surface area contributed by atoms with Gasteiger partial charge in [-0.25, -0.2) is 33.7 Å². The van der Waals surface area contributed by atoms with Gasteiger partial charge in [0.15, 0.2) is 0 Å². The van der Waals surface area contributed by atoms with Gasteiger partial charge in [0.1, 0.15) is 26.3 Å². The van der Waals surface area contributed by atoms with E-state index in [2.05, 4.69) is 106 Å². The molecular formula is C85H112N14O14S5. The Balaban J connectivity index is 0.000000116. The largest absolute Gasteiger partial charge is 0.497 e. The molecule has 636 valence electrons. The topological polar surface area (TPSA) is 323 Å². The SMILES string of the molecule is COc1ccc(S(=O)(=O)N2CCC3(CC2)NCCC(=O)N3)cc1.O=C1CN(C2CCc3ccccc3C2)C2(CCN(S(=O)(=O)c3ccccc3)CC2)N1.O=C1CN(Cc2ccccc2)C2(CCN(C3CCCCC3)CC2)N1.O=S(=O)(c1cccc2cccnc12)N1CCC2(CC1)NCCO2.O=S(=O)(c1cccs1)N1CCC2(CC1)NCCO2. The van der Waals surface area contributed by atoms with Crippen LogP contribution in [-0.2, 0) is 83.3 Å². The number of carbonyl (C=O) groups excluding carboxylic acids is 3. The second-order valence-electron chi connectivity index (χ2n) is 32.8. The van der Waals surface area contributed by atoms with Crippen LogP contribution in [0, 0.1) is 0 Å². The highest BCUT2D eigenvalue weighted by atomic mass is 32.2. The minimum Gasteiger partial charge on any atom is -0.497 e. The lowest BCUT2D eigenvalue weighted by Crippen LogP contribution is -2.67. The summed E-state index contributed by atoms with van der Waals surface area (Å²) in [6.07, 6.45) is 19.3. The van der Waals surface area contributed by atoms with Crippen molar-refractivity contribution in [3.63, 3.8) is 0 Å². The van der Waals surface area contributed by atoms with Gasteiger partial charge in [0.05, 0.1) is 65.7 Å². The number of piperidine rings is 5. The number of benzene rings is 5. The molecule has 33 heteroatoms. The lowest BCUT2D eigenvalue weighted by atomic mass is 9.85. The highest BCUT2D eigenvalue weighted by Crippen LogP contribution is 2.40. The second kappa shape index (κ2) is 36.8. The first-order chi connectivity index (χ1) is 56.9. The molecule has 5 aromatic carbocycles. The number of sulfonamides is 4. The summed E-state index contributed by atoms with van der Waals surface area (Å²) in [6.45, 7) is 11.3. The normalized spacial score (nSPS) is 23.8. The van der Waals surface area contributed by atoms with E-state index in [0.717, 1.165) is 95.7 Å². The molecule has 2 aromatic heterocycles. The van der Waals surface area contributed by atoms with Crippen LogP contribution in [0.3, 0.4) is 0 Å². The number of nitrogens with one attached hydrogen (secondary N) is 6. The number of hydrogen-bond acceptors (Lipinski definition) is 22. The van der Waals surface area contributed by atoms with Gasteiger partial charge < -0.3 is 35.1 Å². The van der Waals surface area contributed by atoms with Gasteiger partial charge in [-0.05, 0) is 147 Å². The van der Waals surface area contributed by atoms with Crippen molar-refractivity contribution in [3.8, 4) is 5.75 Å². The van der Waals surface area contributed by atoms with E-state index in [1.807, 2.05) is 24.3 Å². The van der Waals surface area contributed by atoms with Crippen LogP contribution in [-0.4, -0.2) is 247 Å². The molecule has 10 aliphatic heterocycles. The van der Waals surface area contributed by atoms with Gasteiger partial charge in [0, 0.05) is 147 Å². The zero-order valence-electron chi connectivity index (χ0n) is 67.2. The summed E-state index contributed by atoms with van der Waals surface area (Å²) in [7, 11) is -12.3. The molecule has 2 aliphatic carbocycles. The fourth-order valence-corrected chi connectivity index (χ4v) is 26.3. The van der Waals surface area contributed by atoms with Crippen LogP contribution in [0.2, 0.25) is 0 Å². The van der Waals surface area contributed by atoms with E-state index in [4.69, 9.17) is 14.2 Å². The molecule has 3 amide bonds. The van der Waals surface area contributed by atoms with Crippen molar-refractivity contribution in [2.24, 2.45) is 0 Å². The molecule has 0 radical (unpaired) electrons. The van der Waals surface area contributed by atoms with Crippen molar-refractivity contribution < 1.29 is 62.3 Å². The van der Waals surface area contributed by atoms with E-state index in [1.54, 1.807) is 104 Å². The Kier molecular flexibility index (Phi) is 26.7. The summed E-state index contributed by atoms with van der Waals surface area (Å²) >= 11 is 1.27. The van der Waals surface area contributed by atoms with Crippen LogP contribution < -0.4 is 36.6 Å². The minimum absolute atomic E-state index is 0.0233. The Hall–Kier alpha value is -7.26. The first-order valence-electron chi connectivity index (χ1n) is 41.8. The summed E-state index contributed by atoms with van der Waals surface area (Å²) in [6, 6.07) is 47.6. The van der Waals surface area contributed by atoms with Crippen LogP contribution in [0.1, 0.15) is 126 Å². The summed E-state index contributed by atoms with van der Waals surface area (Å²) in [5, 5.41) is 22.2. The van der Waals surface area contributed by atoms with Crippen molar-refractivity contribution >= 4 is 80.1 Å². The average molecular weight is 1710 g/mol. The molecule has 12 heterocycles. The number of pyridine rings is 1. The van der Waals surface area contributed by atoms with E-state index in [-0.39, 0.29) is 44.6 Å². The number of amides is 3. The second-order valence-corrected chi connectivity index (χ2v) is 41.7. The lowest BCUT2D eigenvalue weighted by molar-refractivity contribution is -0.126. The molecule has 5 spiro atoms. The molecule has 11 fully saturated rings. The van der Waals surface area contributed by atoms with E-state index < -0.39 is 51.4 Å². The zero-order valence-corrected chi connectivity index (χ0v) is 71.3. The number of likely N-dealkylation sites (tertiary alicyclic amines) is 1. The van der Waals surface area contributed by atoms with Gasteiger partial charge in [0.2, 0.25) is 47.8 Å². The number of para-hydroxylation sites is 1. The predicted octanol–water partition coefficient (Wildman–Crippen LogP) is 7.37. The Morgan fingerprint density at radius 2 is 1.03 bits per heavy atom. The highest BCUT2D eigenvalue weighted by molar-refractivity contribution is 7.91. The molecule has 19 rings (SSSR count). The Labute approximate surface area is 698 Å². The molecule has 6 N–H and O–H groups in total. The van der Waals surface area contributed by atoms with Gasteiger partial charge in [-0.15, -0.1) is 11.3 Å². The third kappa shape index (κ3) is 19.1. The van der Waals surface area contributed by atoms with E-state index in [1.165, 1.54) is 64.4 Å². The molecule has 10 saturated heterocycles. The van der Waals surface area contributed by atoms with Crippen molar-refractivity contribution in [3.05, 3.63) is 180 Å². The van der Waals surface area contributed by atoms with Gasteiger partial charge in [-0.1, -0.05) is 116 Å². The predicted molar refractivity (Wildman–Crippen MR) is 450 cm³/mol. The third-order valence-corrected chi connectivity index (χ3v) is 34.9. The fraction of sp³-hybridized carbons (Fsp3) is 0.529. The zero-order chi connectivity index (χ0) is 82.2. The average Bonchev–Trinajstić information content (AvgIpc) is 1.54. The monoisotopic (exact) mass is 1710 g/mol. The Morgan fingerprint density at radius 1 is 0.475 bits per heavy atom. The molecule has 12 aliphatic rings. The third-order valence-electron chi connectivity index (χ3n) is 25.9. The van der Waals surface area contributed by atoms with Crippen LogP contribution in [0.4, 0.5) is 0 Å². The number of carbonyl (C=O) groups is 3. The molecule has 28 nitrogen and oxygen atoms in total. The Morgan fingerprint density at radius 3 is 1.63 bits per heavy atom. The van der Waals surface area contributed by atoms with Crippen LogP contribution in [0.15, 0.2) is 182 Å². The number of fused-ring (bicyclic) bond motifs is 2. The summed E-state index contributed by atoms with van der Waals surface area (Å²) in [5.74, 6) is 0.885. The summed E-state index contributed by atoms with van der Waals surface area (Å²) < 4.78 is 125. The maximum Gasteiger partial charge on any atom is 0.252 e. The summed E-state index contributed by atoms with van der Waals surface area (Å²) in [5.41, 5.74) is 2.99. The number of thiophene rings is 1. The van der Waals surface area contributed by atoms with Crippen molar-refractivity contribution in [2.45, 2.75) is 188 Å². The number of nitrogens with zero attached hydrogens (tertiary/aromatic N) is 8. The summed E-state index contributed by atoms with van der Waals surface area (Å²) in [4.78, 5) is 48.7. The van der Waals surface area contributed by atoms with E-state index in [9.17, 15) is 48.1 Å². The number of rotatable bonds is 13. The van der Waals surface area contributed by atoms with E-state index >= 15 is 0 Å². The van der Waals surface area contributed by atoms with Crippen LogP contribution in [0.5, 0.6) is 5.75 Å². The number of aromatic nitrogens is 1. The molecule has 1 unspecified atom stereocenters. The first kappa shape index (κ1) is 85.7. The molecule has 118 heavy (non-hydrogen) atoms. The van der Waals surface area contributed by atoms with Crippen molar-refractivity contribution in [1.82, 2.24) is 68.8 Å². The quantitative estimate of drug-likeness (QED) is 0.0656. The van der Waals surface area contributed by atoms with E-state index in [0.29, 0.717) is 150 Å². The maximum absolute atomic E-state index is 13.0. The lowest BCUT2D eigenvalue weighted by Gasteiger charge is -2.47. The molecule has 7 aromatic rings. The van der Waals surface area contributed by atoms with Gasteiger partial charge in [0.25, 0.3) is 10.0 Å². The maximum atomic E-state index is 13.0. The Bertz CT molecular complexity index is 5050. The van der Waals surface area contributed by atoms with Crippen LogP contribution in [0.25, 0.3) is 10.9 Å². The number of aryl methyl sites for hydroxylation is 1. The number of ether oxygens (including phenoxy) is 3. The number of methoxy groups -OCH3 is 1. The minimum atomic E-state index is -3.55. The molecule has 1 atom stereocenters. The fourth-order valence-electron chi connectivity index (χ4n) is 19.2. The van der Waals surface area contributed by atoms with Crippen LogP contribution >= 0.6 is 11.3 Å². The van der Waals surface area contributed by atoms with Crippen molar-refractivity contribution in [1.29, 1.82) is 0 Å². The first-order valence-corrected chi connectivity index (χ1v) is 48.5. The number of hydrogen-bond donors (Lipinski definition) is 6. The van der Waals surface area contributed by atoms with Gasteiger partial charge >= 0.3 is 0 Å². The van der Waals surface area contributed by atoms with Gasteiger partial charge in [-0.3, -0.25) is 45.1 Å². The highest BCUT2D eigenvalue weighted by Gasteiger charge is 2.52.